The fourth-order valence-corrected chi connectivity index (χ4v) is 2.28. The van der Waals surface area contributed by atoms with Gasteiger partial charge in [0.15, 0.2) is 11.4 Å². The van der Waals surface area contributed by atoms with Gasteiger partial charge < -0.3 is 9.14 Å². The molecule has 0 saturated heterocycles. The Hall–Kier alpha value is -2.29. The molecular formula is C17H18N2O. The fourth-order valence-electron chi connectivity index (χ4n) is 2.28. The monoisotopic (exact) mass is 266 g/mol. The molecule has 3 heteroatoms. The summed E-state index contributed by atoms with van der Waals surface area (Å²) >= 11 is 0. The topological polar surface area (TPSA) is 26.5 Å². The Morgan fingerprint density at radius 2 is 1.90 bits per heavy atom. The number of aromatic nitrogens is 2. The minimum Gasteiger partial charge on any atom is -0.485 e. The van der Waals surface area contributed by atoms with E-state index >= 15 is 0 Å². The lowest BCUT2D eigenvalue weighted by Gasteiger charge is -2.09. The molecule has 0 aliphatic heterocycles. The highest BCUT2D eigenvalue weighted by Gasteiger charge is 2.10. The van der Waals surface area contributed by atoms with Gasteiger partial charge >= 0.3 is 0 Å². The number of hydrogen-bond acceptors (Lipinski definition) is 2. The Balaban J connectivity index is 1.89. The molecule has 3 aromatic rings. The molecule has 20 heavy (non-hydrogen) atoms. The van der Waals surface area contributed by atoms with Crippen LogP contribution in [0.5, 0.6) is 5.75 Å². The van der Waals surface area contributed by atoms with Crippen LogP contribution in [0.15, 0.2) is 54.9 Å². The third-order valence-electron chi connectivity index (χ3n) is 3.36. The molecule has 0 saturated carbocycles. The van der Waals surface area contributed by atoms with Gasteiger partial charge in [0.25, 0.3) is 0 Å². The molecule has 0 aliphatic rings. The number of ether oxygens (including phenoxy) is 1. The Morgan fingerprint density at radius 3 is 2.65 bits per heavy atom. The number of hydrogen-bond donors (Lipinski definition) is 0. The Labute approximate surface area is 118 Å². The second kappa shape index (κ2) is 5.37. The summed E-state index contributed by atoms with van der Waals surface area (Å²) in [6, 6.07) is 14.1. The molecule has 102 valence electrons. The minimum atomic E-state index is 0.439. The van der Waals surface area contributed by atoms with E-state index in [4.69, 9.17) is 4.74 Å². The Bertz CT molecular complexity index is 701. The number of nitrogens with zero attached hydrogens (tertiary/aromatic N) is 2. The van der Waals surface area contributed by atoms with Gasteiger partial charge in [0.2, 0.25) is 0 Å². The predicted octanol–water partition coefficient (Wildman–Crippen LogP) is 4.04. The van der Waals surface area contributed by atoms with Gasteiger partial charge in [0.1, 0.15) is 6.61 Å². The Kier molecular flexibility index (Phi) is 3.42. The van der Waals surface area contributed by atoms with E-state index in [-0.39, 0.29) is 0 Å². The van der Waals surface area contributed by atoms with Crippen LogP contribution in [-0.4, -0.2) is 9.38 Å². The molecule has 0 fully saturated rings. The first-order chi connectivity index (χ1) is 9.75. The lowest BCUT2D eigenvalue weighted by Crippen LogP contribution is -1.99. The van der Waals surface area contributed by atoms with E-state index in [1.54, 1.807) is 0 Å². The zero-order valence-corrected chi connectivity index (χ0v) is 11.8. The van der Waals surface area contributed by atoms with E-state index in [0.29, 0.717) is 12.5 Å². The highest BCUT2D eigenvalue weighted by atomic mass is 16.5. The van der Waals surface area contributed by atoms with Gasteiger partial charge in [-0.1, -0.05) is 44.2 Å². The third-order valence-corrected chi connectivity index (χ3v) is 3.36. The van der Waals surface area contributed by atoms with Gasteiger partial charge in [-0.25, -0.2) is 4.98 Å². The van der Waals surface area contributed by atoms with Crippen LogP contribution in [0.25, 0.3) is 5.65 Å². The van der Waals surface area contributed by atoms with Crippen molar-refractivity contribution in [2.75, 3.05) is 0 Å². The van der Waals surface area contributed by atoms with Crippen LogP contribution in [0, 0.1) is 0 Å². The van der Waals surface area contributed by atoms with E-state index in [1.165, 1.54) is 5.69 Å². The predicted molar refractivity (Wildman–Crippen MR) is 80.1 cm³/mol. The first-order valence-corrected chi connectivity index (χ1v) is 6.88. The van der Waals surface area contributed by atoms with Crippen LogP contribution >= 0.6 is 0 Å². The standard InChI is InChI=1S/C17H18N2O/c1-13(2)15-11-18-17-16(9-6-10-19(15)17)20-12-14-7-4-3-5-8-14/h3-11,13H,12H2,1-2H3. The lowest BCUT2D eigenvalue weighted by atomic mass is 10.1. The van der Waals surface area contributed by atoms with Crippen molar-refractivity contribution >= 4 is 5.65 Å². The second-order valence-corrected chi connectivity index (χ2v) is 5.18. The summed E-state index contributed by atoms with van der Waals surface area (Å²) in [5.74, 6) is 1.26. The van der Waals surface area contributed by atoms with Crippen molar-refractivity contribution in [1.29, 1.82) is 0 Å². The van der Waals surface area contributed by atoms with E-state index in [2.05, 4.69) is 35.4 Å². The van der Waals surface area contributed by atoms with E-state index < -0.39 is 0 Å². The fraction of sp³-hybridized carbons (Fsp3) is 0.235. The van der Waals surface area contributed by atoms with Crippen molar-refractivity contribution in [2.45, 2.75) is 26.4 Å². The molecule has 0 aliphatic carbocycles. The summed E-state index contributed by atoms with van der Waals surface area (Å²) in [5, 5.41) is 0. The van der Waals surface area contributed by atoms with Crippen LogP contribution in [0.4, 0.5) is 0 Å². The van der Waals surface area contributed by atoms with Crippen LogP contribution in [0.3, 0.4) is 0 Å². The maximum Gasteiger partial charge on any atom is 0.179 e. The molecule has 0 bridgehead atoms. The van der Waals surface area contributed by atoms with Gasteiger partial charge in [-0.15, -0.1) is 0 Å². The number of rotatable bonds is 4. The normalized spacial score (nSPS) is 11.2. The average Bonchev–Trinajstić information content (AvgIpc) is 2.91. The summed E-state index contributed by atoms with van der Waals surface area (Å²) in [5.41, 5.74) is 3.24. The van der Waals surface area contributed by atoms with Crippen molar-refractivity contribution in [2.24, 2.45) is 0 Å². The average molecular weight is 266 g/mol. The molecule has 2 aromatic heterocycles. The van der Waals surface area contributed by atoms with Crippen molar-refractivity contribution in [1.82, 2.24) is 9.38 Å². The summed E-state index contributed by atoms with van der Waals surface area (Å²) < 4.78 is 8.02. The van der Waals surface area contributed by atoms with Gasteiger partial charge in [-0.2, -0.15) is 0 Å². The van der Waals surface area contributed by atoms with Gasteiger partial charge in [-0.05, 0) is 23.6 Å². The largest absolute Gasteiger partial charge is 0.485 e. The first-order valence-electron chi connectivity index (χ1n) is 6.88. The lowest BCUT2D eigenvalue weighted by molar-refractivity contribution is 0.308. The maximum atomic E-state index is 5.92. The smallest absolute Gasteiger partial charge is 0.179 e. The molecule has 1 aromatic carbocycles. The molecule has 0 spiro atoms. The van der Waals surface area contributed by atoms with E-state index in [0.717, 1.165) is 17.0 Å². The molecular weight excluding hydrogens is 248 g/mol. The highest BCUT2D eigenvalue weighted by molar-refractivity contribution is 5.54. The summed E-state index contributed by atoms with van der Waals surface area (Å²) in [6.07, 6.45) is 3.96. The van der Waals surface area contributed by atoms with Crippen molar-refractivity contribution in [3.05, 3.63) is 66.1 Å². The van der Waals surface area contributed by atoms with Crippen LogP contribution in [-0.2, 0) is 6.61 Å². The van der Waals surface area contributed by atoms with Gasteiger partial charge in [-0.3, -0.25) is 0 Å². The maximum absolute atomic E-state index is 5.92. The number of pyridine rings is 1. The van der Waals surface area contributed by atoms with Gasteiger partial charge in [0, 0.05) is 18.1 Å². The minimum absolute atomic E-state index is 0.439. The third kappa shape index (κ3) is 2.39. The Morgan fingerprint density at radius 1 is 1.10 bits per heavy atom. The summed E-state index contributed by atoms with van der Waals surface area (Å²) in [4.78, 5) is 4.49. The van der Waals surface area contributed by atoms with Crippen LogP contribution < -0.4 is 4.74 Å². The number of imidazole rings is 1. The zero-order chi connectivity index (χ0) is 13.9. The van der Waals surface area contributed by atoms with Crippen molar-refractivity contribution in [3.63, 3.8) is 0 Å². The summed E-state index contributed by atoms with van der Waals surface area (Å²) in [7, 11) is 0. The SMILES string of the molecule is CC(C)c1cnc2c(OCc3ccccc3)cccn12. The van der Waals surface area contributed by atoms with E-state index in [9.17, 15) is 0 Å². The first kappa shape index (κ1) is 12.7. The van der Waals surface area contributed by atoms with E-state index in [1.807, 2.05) is 42.7 Å². The molecule has 3 nitrogen and oxygen atoms in total. The van der Waals surface area contributed by atoms with Crippen LogP contribution in [0.2, 0.25) is 0 Å². The molecule has 0 radical (unpaired) electrons. The molecule has 0 unspecified atom stereocenters. The second-order valence-electron chi connectivity index (χ2n) is 5.18. The highest BCUT2D eigenvalue weighted by Crippen LogP contribution is 2.23. The molecule has 0 N–H and O–H groups in total. The molecule has 0 atom stereocenters. The summed E-state index contributed by atoms with van der Waals surface area (Å²) in [6.45, 7) is 4.90. The number of benzene rings is 1. The van der Waals surface area contributed by atoms with Crippen LogP contribution in [0.1, 0.15) is 31.0 Å². The quantitative estimate of drug-likeness (QED) is 0.712. The molecule has 0 amide bonds. The molecule has 2 heterocycles. The zero-order valence-electron chi connectivity index (χ0n) is 11.8. The number of fused-ring (bicyclic) bond motifs is 1. The van der Waals surface area contributed by atoms with Gasteiger partial charge in [0.05, 0.1) is 0 Å². The van der Waals surface area contributed by atoms with Crippen molar-refractivity contribution in [3.8, 4) is 5.75 Å². The molecule has 3 rings (SSSR count). The van der Waals surface area contributed by atoms with Crippen molar-refractivity contribution < 1.29 is 4.74 Å².